The summed E-state index contributed by atoms with van der Waals surface area (Å²) < 4.78 is 5.38. The number of hydrogen-bond donors (Lipinski definition) is 2. The number of anilines is 1. The quantitative estimate of drug-likeness (QED) is 0.852. The average Bonchev–Trinajstić information content (AvgIpc) is 3.00. The number of nitrogen functional groups attached to an aromatic ring is 1. The van der Waals surface area contributed by atoms with Crippen LogP contribution in [0, 0.1) is 0 Å². The SMILES string of the molecule is CC(C)(C)OC(=O)N1CC[C@@H](NC(=O)c2ccccc(N)cccc2)C1. The monoisotopic (exact) mass is 357 g/mol. The van der Waals surface area contributed by atoms with Crippen molar-refractivity contribution in [3.05, 3.63) is 54.1 Å². The number of likely N-dealkylation sites (tertiary alicyclic amines) is 1. The standard InChI is InChI=1S/C20H27N3O3/c1-20(2,3)26-19(25)23-13-12-17(14-23)22-18(24)15-8-4-6-10-16(21)11-7-5-9-15/h4-11,17H,12-14,21H2,1-3H3,(H,22,24)/t17-/m1/s1. The number of nitrogens with one attached hydrogen (secondary N) is 1. The van der Waals surface area contributed by atoms with Crippen molar-refractivity contribution in [2.75, 3.05) is 18.8 Å². The summed E-state index contributed by atoms with van der Waals surface area (Å²) in [5.74, 6) is -0.173. The second-order valence-electron chi connectivity index (χ2n) is 7.28. The first-order valence-corrected chi connectivity index (χ1v) is 8.72. The van der Waals surface area contributed by atoms with E-state index >= 15 is 0 Å². The van der Waals surface area contributed by atoms with E-state index in [1.807, 2.05) is 20.8 Å². The van der Waals surface area contributed by atoms with Crippen LogP contribution in [-0.2, 0) is 4.74 Å². The fourth-order valence-corrected chi connectivity index (χ4v) is 2.55. The second kappa shape index (κ2) is 8.56. The fourth-order valence-electron chi connectivity index (χ4n) is 2.55. The zero-order chi connectivity index (χ0) is 19.2. The van der Waals surface area contributed by atoms with Crippen LogP contribution in [-0.4, -0.2) is 41.6 Å². The van der Waals surface area contributed by atoms with Gasteiger partial charge in [-0.15, -0.1) is 0 Å². The number of carbonyl (C=O) groups excluding carboxylic acids is 2. The minimum Gasteiger partial charge on any atom is -0.444 e. The van der Waals surface area contributed by atoms with Crippen LogP contribution in [0.3, 0.4) is 0 Å². The molecule has 1 aromatic rings. The van der Waals surface area contributed by atoms with Crippen molar-refractivity contribution >= 4 is 17.7 Å². The molecule has 3 N–H and O–H groups in total. The molecule has 1 aliphatic heterocycles. The van der Waals surface area contributed by atoms with Gasteiger partial charge in [-0.05, 0) is 51.5 Å². The van der Waals surface area contributed by atoms with Crippen molar-refractivity contribution in [1.82, 2.24) is 10.2 Å². The molecule has 0 aliphatic carbocycles. The summed E-state index contributed by atoms with van der Waals surface area (Å²) in [6.07, 6.45) is 0.362. The van der Waals surface area contributed by atoms with E-state index in [-0.39, 0.29) is 18.0 Å². The molecule has 1 saturated heterocycles. The zero-order valence-electron chi connectivity index (χ0n) is 15.6. The number of carbonyl (C=O) groups is 2. The molecule has 0 radical (unpaired) electrons. The van der Waals surface area contributed by atoms with Crippen LogP contribution in [0.1, 0.15) is 37.6 Å². The normalized spacial score (nSPS) is 16.6. The third-order valence-corrected chi connectivity index (χ3v) is 3.79. The maximum atomic E-state index is 12.5. The Kier molecular flexibility index (Phi) is 6.44. The third-order valence-electron chi connectivity index (χ3n) is 3.79. The highest BCUT2D eigenvalue weighted by Crippen LogP contribution is 2.15. The highest BCUT2D eigenvalue weighted by atomic mass is 16.6. The summed E-state index contributed by atoms with van der Waals surface area (Å²) in [7, 11) is 0. The molecule has 1 atom stereocenters. The highest BCUT2D eigenvalue weighted by molar-refractivity contribution is 5.94. The van der Waals surface area contributed by atoms with Crippen molar-refractivity contribution in [3.8, 4) is 0 Å². The third kappa shape index (κ3) is 6.27. The molecule has 1 heterocycles. The van der Waals surface area contributed by atoms with E-state index in [4.69, 9.17) is 10.5 Å². The van der Waals surface area contributed by atoms with Crippen LogP contribution in [0.2, 0.25) is 0 Å². The molecular weight excluding hydrogens is 330 g/mol. The predicted octanol–water partition coefficient (Wildman–Crippen LogP) is 3.13. The van der Waals surface area contributed by atoms with E-state index in [9.17, 15) is 9.59 Å². The lowest BCUT2D eigenvalue weighted by Crippen LogP contribution is -2.40. The maximum absolute atomic E-state index is 12.5. The molecule has 0 bridgehead atoms. The zero-order valence-corrected chi connectivity index (χ0v) is 15.6. The number of nitrogens with two attached hydrogens (primary N) is 1. The van der Waals surface area contributed by atoms with Crippen molar-refractivity contribution < 1.29 is 14.3 Å². The van der Waals surface area contributed by atoms with Crippen molar-refractivity contribution in [1.29, 1.82) is 0 Å². The van der Waals surface area contributed by atoms with Gasteiger partial charge in [-0.2, -0.15) is 0 Å². The molecule has 1 aliphatic rings. The number of rotatable bonds is 2. The van der Waals surface area contributed by atoms with Gasteiger partial charge in [0.1, 0.15) is 5.60 Å². The van der Waals surface area contributed by atoms with E-state index in [1.165, 1.54) is 0 Å². The topological polar surface area (TPSA) is 84.7 Å². The second-order valence-corrected chi connectivity index (χ2v) is 7.28. The van der Waals surface area contributed by atoms with Crippen molar-refractivity contribution in [3.63, 3.8) is 0 Å². The van der Waals surface area contributed by atoms with E-state index < -0.39 is 5.60 Å². The number of hydrogen-bond acceptors (Lipinski definition) is 4. The van der Waals surface area contributed by atoms with E-state index in [0.717, 1.165) is 0 Å². The Morgan fingerprint density at radius 2 is 1.69 bits per heavy atom. The van der Waals surface area contributed by atoms with Gasteiger partial charge in [0.2, 0.25) is 0 Å². The molecule has 140 valence electrons. The molecule has 1 aromatic carbocycles. The number of nitrogens with zero attached hydrogens (tertiary/aromatic N) is 1. The van der Waals surface area contributed by atoms with Crippen molar-refractivity contribution in [2.45, 2.75) is 38.8 Å². The van der Waals surface area contributed by atoms with Crippen LogP contribution in [0.5, 0.6) is 0 Å². The van der Waals surface area contributed by atoms with Crippen LogP contribution >= 0.6 is 0 Å². The largest absolute Gasteiger partial charge is 0.444 e. The van der Waals surface area contributed by atoms with Gasteiger partial charge >= 0.3 is 6.09 Å². The van der Waals surface area contributed by atoms with Gasteiger partial charge < -0.3 is 20.7 Å². The summed E-state index contributed by atoms with van der Waals surface area (Å²) in [5.41, 5.74) is 6.40. The Morgan fingerprint density at radius 3 is 2.27 bits per heavy atom. The molecule has 2 rings (SSSR count). The molecule has 0 saturated carbocycles. The van der Waals surface area contributed by atoms with Crippen LogP contribution in [0.4, 0.5) is 10.5 Å². The minimum absolute atomic E-state index is 0.0882. The Balaban J connectivity index is 1.99. The fraction of sp³-hybridized carbons (Fsp3) is 0.400. The molecule has 6 nitrogen and oxygen atoms in total. The Labute approximate surface area is 154 Å². The summed E-state index contributed by atoms with van der Waals surface area (Å²) in [6.45, 7) is 6.53. The molecule has 0 spiro atoms. The van der Waals surface area contributed by atoms with Crippen molar-refractivity contribution in [2.24, 2.45) is 0 Å². The molecule has 0 aromatic heterocycles. The lowest BCUT2D eigenvalue weighted by Gasteiger charge is -2.24. The first-order chi connectivity index (χ1) is 12.2. The number of amides is 2. The van der Waals surface area contributed by atoms with E-state index in [1.54, 1.807) is 53.4 Å². The molecule has 6 heteroatoms. The molecule has 1 fully saturated rings. The minimum atomic E-state index is -0.526. The van der Waals surface area contributed by atoms with Gasteiger partial charge in [0.15, 0.2) is 0 Å². The molecular formula is C20H27N3O3. The summed E-state index contributed by atoms with van der Waals surface area (Å²) in [6, 6.07) is 14.0. The summed E-state index contributed by atoms with van der Waals surface area (Å²) in [5, 5.41) is 2.98. The lowest BCUT2D eigenvalue weighted by molar-refractivity contribution is 0.0290. The maximum Gasteiger partial charge on any atom is 0.410 e. The smallest absolute Gasteiger partial charge is 0.410 e. The summed E-state index contributed by atoms with van der Waals surface area (Å²) >= 11 is 0. The predicted molar refractivity (Wildman–Crippen MR) is 102 cm³/mol. The first kappa shape index (κ1) is 19.6. The molecule has 0 unspecified atom stereocenters. The van der Waals surface area contributed by atoms with Crippen LogP contribution in [0.15, 0.2) is 48.5 Å². The van der Waals surface area contributed by atoms with Gasteiger partial charge in [-0.1, -0.05) is 24.3 Å². The Bertz CT molecular complexity index is 684. The van der Waals surface area contributed by atoms with Gasteiger partial charge in [0, 0.05) is 30.4 Å². The van der Waals surface area contributed by atoms with Gasteiger partial charge in [-0.25, -0.2) is 4.79 Å². The van der Waals surface area contributed by atoms with Gasteiger partial charge in [0.25, 0.3) is 5.91 Å². The van der Waals surface area contributed by atoms with E-state index in [0.29, 0.717) is 30.8 Å². The highest BCUT2D eigenvalue weighted by Gasteiger charge is 2.30. The van der Waals surface area contributed by atoms with Crippen LogP contribution in [0.25, 0.3) is 0 Å². The first-order valence-electron chi connectivity index (χ1n) is 8.72. The van der Waals surface area contributed by atoms with Gasteiger partial charge in [-0.3, -0.25) is 4.79 Å². The lowest BCUT2D eigenvalue weighted by atomic mass is 10.2. The Morgan fingerprint density at radius 1 is 1.12 bits per heavy atom. The summed E-state index contributed by atoms with van der Waals surface area (Å²) in [4.78, 5) is 26.3. The van der Waals surface area contributed by atoms with Crippen LogP contribution < -0.4 is 11.1 Å². The van der Waals surface area contributed by atoms with Gasteiger partial charge in [0.05, 0.1) is 0 Å². The molecule has 2 amide bonds. The number of ether oxygens (including phenoxy) is 1. The molecule has 26 heavy (non-hydrogen) atoms. The van der Waals surface area contributed by atoms with E-state index in [2.05, 4.69) is 5.32 Å². The average molecular weight is 357 g/mol. The Hall–Kier alpha value is -2.76.